The first-order valence-electron chi connectivity index (χ1n) is 10.6. The molecule has 1 atom stereocenters. The number of ether oxygens (including phenoxy) is 1. The van der Waals surface area contributed by atoms with Crippen molar-refractivity contribution in [1.29, 1.82) is 0 Å². The lowest BCUT2D eigenvalue weighted by Crippen LogP contribution is -2.64. The Hall–Kier alpha value is -2.28. The molecule has 3 amide bonds. The molecule has 0 saturated carbocycles. The zero-order chi connectivity index (χ0) is 23.6. The molecule has 0 unspecified atom stereocenters. The van der Waals surface area contributed by atoms with Crippen molar-refractivity contribution < 1.29 is 19.1 Å². The van der Waals surface area contributed by atoms with E-state index in [2.05, 4.69) is 5.32 Å². The van der Waals surface area contributed by atoms with Crippen LogP contribution in [-0.2, 0) is 9.53 Å². The van der Waals surface area contributed by atoms with Crippen molar-refractivity contribution in [3.8, 4) is 0 Å². The number of rotatable bonds is 4. The Morgan fingerprint density at radius 1 is 1.10 bits per heavy atom. The van der Waals surface area contributed by atoms with E-state index in [9.17, 15) is 14.4 Å². The van der Waals surface area contributed by atoms with Crippen LogP contribution in [0.1, 0.15) is 58.8 Å². The third-order valence-electron chi connectivity index (χ3n) is 5.15. The summed E-state index contributed by atoms with van der Waals surface area (Å²) in [6.07, 6.45) is -0.615. The average Bonchev–Trinajstić information content (AvgIpc) is 2.63. The summed E-state index contributed by atoms with van der Waals surface area (Å²) < 4.78 is 5.32. The number of benzene rings is 1. The lowest BCUT2D eigenvalue weighted by Gasteiger charge is -2.48. The van der Waals surface area contributed by atoms with Crippen LogP contribution in [0.4, 0.5) is 4.79 Å². The van der Waals surface area contributed by atoms with Crippen molar-refractivity contribution in [2.45, 2.75) is 65.6 Å². The molecular formula is C23H34ClN3O4. The van der Waals surface area contributed by atoms with Crippen molar-refractivity contribution in [2.24, 2.45) is 5.92 Å². The number of nitrogens with one attached hydrogen (secondary N) is 1. The van der Waals surface area contributed by atoms with Crippen LogP contribution in [-0.4, -0.2) is 64.5 Å². The molecule has 0 spiro atoms. The van der Waals surface area contributed by atoms with Crippen LogP contribution >= 0.6 is 11.6 Å². The fourth-order valence-electron chi connectivity index (χ4n) is 3.61. The van der Waals surface area contributed by atoms with Gasteiger partial charge in [0.25, 0.3) is 5.91 Å². The van der Waals surface area contributed by atoms with Crippen molar-refractivity contribution in [2.75, 3.05) is 19.6 Å². The fourth-order valence-corrected chi connectivity index (χ4v) is 3.74. The summed E-state index contributed by atoms with van der Waals surface area (Å²) in [6.45, 7) is 14.1. The summed E-state index contributed by atoms with van der Waals surface area (Å²) >= 11 is 5.93. The van der Waals surface area contributed by atoms with Gasteiger partial charge in [-0.15, -0.1) is 0 Å². The summed E-state index contributed by atoms with van der Waals surface area (Å²) in [5.41, 5.74) is -0.661. The van der Waals surface area contributed by atoms with Crippen molar-refractivity contribution in [1.82, 2.24) is 15.1 Å². The third-order valence-corrected chi connectivity index (χ3v) is 5.41. The number of carbonyl (C=O) groups excluding carboxylic acids is 3. The number of alkyl carbamates (subject to hydrolysis) is 1. The number of carbonyl (C=O) groups is 3. The van der Waals surface area contributed by atoms with Gasteiger partial charge in [0.15, 0.2) is 0 Å². The maximum absolute atomic E-state index is 13.3. The highest BCUT2D eigenvalue weighted by molar-refractivity contribution is 6.30. The summed E-state index contributed by atoms with van der Waals surface area (Å²) in [5, 5.41) is 3.29. The number of amides is 3. The summed E-state index contributed by atoms with van der Waals surface area (Å²) in [7, 11) is 0. The van der Waals surface area contributed by atoms with E-state index in [4.69, 9.17) is 16.3 Å². The highest BCUT2D eigenvalue weighted by atomic mass is 35.5. The molecule has 1 N–H and O–H groups in total. The lowest BCUT2D eigenvalue weighted by atomic mass is 9.95. The van der Waals surface area contributed by atoms with Gasteiger partial charge in [0.1, 0.15) is 11.6 Å². The van der Waals surface area contributed by atoms with Crippen LogP contribution in [0, 0.1) is 5.92 Å². The molecule has 1 aliphatic rings. The van der Waals surface area contributed by atoms with Gasteiger partial charge in [-0.3, -0.25) is 9.59 Å². The van der Waals surface area contributed by atoms with Gasteiger partial charge in [-0.1, -0.05) is 25.4 Å². The summed E-state index contributed by atoms with van der Waals surface area (Å²) in [6, 6.07) is 6.09. The fraction of sp³-hybridized carbons (Fsp3) is 0.609. The third kappa shape index (κ3) is 6.60. The second-order valence-electron chi connectivity index (χ2n) is 9.90. The molecule has 31 heavy (non-hydrogen) atoms. The maximum Gasteiger partial charge on any atom is 0.408 e. The van der Waals surface area contributed by atoms with E-state index < -0.39 is 23.3 Å². The molecule has 1 aromatic rings. The van der Waals surface area contributed by atoms with Gasteiger partial charge in [0.2, 0.25) is 5.91 Å². The maximum atomic E-state index is 13.3. The van der Waals surface area contributed by atoms with Crippen LogP contribution in [0.15, 0.2) is 24.3 Å². The molecule has 1 heterocycles. The highest BCUT2D eigenvalue weighted by Gasteiger charge is 2.41. The first-order chi connectivity index (χ1) is 14.2. The number of piperazine rings is 1. The first-order valence-corrected chi connectivity index (χ1v) is 10.9. The summed E-state index contributed by atoms with van der Waals surface area (Å²) in [5.74, 6) is -0.384. The molecular weight excluding hydrogens is 418 g/mol. The zero-order valence-corrected chi connectivity index (χ0v) is 20.2. The van der Waals surface area contributed by atoms with Gasteiger partial charge in [0, 0.05) is 30.2 Å². The molecule has 0 aliphatic carbocycles. The second kappa shape index (κ2) is 9.47. The van der Waals surface area contributed by atoms with Gasteiger partial charge in [0.05, 0.1) is 5.54 Å². The van der Waals surface area contributed by atoms with E-state index in [1.54, 1.807) is 54.8 Å². The largest absolute Gasteiger partial charge is 0.444 e. The molecule has 7 nitrogen and oxygen atoms in total. The Morgan fingerprint density at radius 2 is 1.68 bits per heavy atom. The first kappa shape index (κ1) is 25.0. The predicted molar refractivity (Wildman–Crippen MR) is 121 cm³/mol. The highest BCUT2D eigenvalue weighted by Crippen LogP contribution is 2.25. The Balaban J connectivity index is 2.11. The van der Waals surface area contributed by atoms with E-state index in [-0.39, 0.29) is 17.7 Å². The van der Waals surface area contributed by atoms with Crippen LogP contribution in [0.5, 0.6) is 0 Å². The van der Waals surface area contributed by atoms with Gasteiger partial charge < -0.3 is 19.9 Å². The summed E-state index contributed by atoms with van der Waals surface area (Å²) in [4.78, 5) is 42.0. The smallest absolute Gasteiger partial charge is 0.408 e. The van der Waals surface area contributed by atoms with Gasteiger partial charge >= 0.3 is 6.09 Å². The number of nitrogens with zero attached hydrogens (tertiary/aromatic N) is 2. The van der Waals surface area contributed by atoms with Crippen molar-refractivity contribution in [3.05, 3.63) is 34.9 Å². The van der Waals surface area contributed by atoms with E-state index in [1.807, 2.05) is 27.7 Å². The number of halogens is 1. The minimum Gasteiger partial charge on any atom is -0.444 e. The minimum absolute atomic E-state index is 0.0962. The molecule has 2 rings (SSSR count). The molecule has 8 heteroatoms. The molecule has 1 aromatic carbocycles. The number of hydrogen-bond donors (Lipinski definition) is 1. The van der Waals surface area contributed by atoms with E-state index >= 15 is 0 Å². The number of hydrogen-bond acceptors (Lipinski definition) is 4. The molecule has 1 fully saturated rings. The van der Waals surface area contributed by atoms with Crippen LogP contribution < -0.4 is 5.32 Å². The van der Waals surface area contributed by atoms with Crippen LogP contribution in [0.3, 0.4) is 0 Å². The second-order valence-corrected chi connectivity index (χ2v) is 10.3. The SMILES string of the molecule is CC(C)[C@H](NC(=O)OC(C)(C)C)C(=O)N1CCN(C(=O)c2ccc(Cl)cc2)C(C)(C)C1. The lowest BCUT2D eigenvalue weighted by molar-refractivity contribution is -0.138. The van der Waals surface area contributed by atoms with Gasteiger partial charge in [-0.2, -0.15) is 0 Å². The molecule has 0 bridgehead atoms. The minimum atomic E-state index is -0.704. The van der Waals surface area contributed by atoms with Gasteiger partial charge in [-0.25, -0.2) is 4.79 Å². The average molecular weight is 452 g/mol. The van der Waals surface area contributed by atoms with Crippen molar-refractivity contribution >= 4 is 29.5 Å². The Bertz CT molecular complexity index is 815. The van der Waals surface area contributed by atoms with Crippen LogP contribution in [0.25, 0.3) is 0 Å². The quantitative estimate of drug-likeness (QED) is 0.751. The van der Waals surface area contributed by atoms with Crippen LogP contribution in [0.2, 0.25) is 5.02 Å². The normalized spacial score (nSPS) is 17.3. The van der Waals surface area contributed by atoms with E-state index in [0.717, 1.165) is 0 Å². The van der Waals surface area contributed by atoms with Gasteiger partial charge in [-0.05, 0) is 64.8 Å². The topological polar surface area (TPSA) is 79.0 Å². The molecule has 0 radical (unpaired) electrons. The van der Waals surface area contributed by atoms with E-state index in [1.165, 1.54) is 0 Å². The van der Waals surface area contributed by atoms with Crippen molar-refractivity contribution in [3.63, 3.8) is 0 Å². The Kier molecular flexibility index (Phi) is 7.63. The predicted octanol–water partition coefficient (Wildman–Crippen LogP) is 3.95. The monoisotopic (exact) mass is 451 g/mol. The molecule has 0 aromatic heterocycles. The van der Waals surface area contributed by atoms with E-state index in [0.29, 0.717) is 30.2 Å². The standard InChI is InChI=1S/C23H34ClN3O4/c1-15(2)18(25-21(30)31-22(3,4)5)20(29)26-12-13-27(23(6,7)14-26)19(28)16-8-10-17(24)11-9-16/h8-11,15,18H,12-14H2,1-7H3,(H,25,30)/t18-/m0/s1. The Morgan fingerprint density at radius 3 is 2.16 bits per heavy atom. The molecule has 172 valence electrons. The molecule has 1 saturated heterocycles. The molecule has 1 aliphatic heterocycles. The zero-order valence-electron chi connectivity index (χ0n) is 19.5. The Labute approximate surface area is 190 Å².